The Bertz CT molecular complexity index is 1360. The van der Waals surface area contributed by atoms with Crippen LogP contribution in [0.4, 0.5) is 15.4 Å². The molecule has 2 atom stereocenters. The normalized spacial score (nSPS) is 21.1. The highest BCUT2D eigenvalue weighted by Gasteiger charge is 2.45. The number of carbonyl (C=O) groups is 2. The minimum absolute atomic E-state index is 0.0591. The summed E-state index contributed by atoms with van der Waals surface area (Å²) < 4.78 is 36.3. The smallest absolute Gasteiger partial charge is 0.410 e. The topological polar surface area (TPSA) is 122 Å². The molecule has 3 aliphatic heterocycles. The lowest BCUT2D eigenvalue weighted by molar-refractivity contribution is 0.0122. The number of benzene rings is 1. The molecule has 2 aromatic rings. The fraction of sp³-hybridized carbons (Fsp3) is 0.571. The van der Waals surface area contributed by atoms with Gasteiger partial charge in [-0.25, -0.2) is 28.0 Å². The van der Waals surface area contributed by atoms with Crippen molar-refractivity contribution in [2.75, 3.05) is 37.3 Å². The van der Waals surface area contributed by atoms with Gasteiger partial charge in [-0.2, -0.15) is 0 Å². The molecule has 2 amide bonds. The van der Waals surface area contributed by atoms with E-state index in [9.17, 15) is 18.0 Å². The van der Waals surface area contributed by atoms with Crippen LogP contribution in [0.5, 0.6) is 0 Å². The number of sulfone groups is 1. The number of hydrogen-bond donors (Lipinski definition) is 0. The van der Waals surface area contributed by atoms with Crippen LogP contribution in [0.3, 0.4) is 0 Å². The second-order valence-corrected chi connectivity index (χ2v) is 13.6. The van der Waals surface area contributed by atoms with E-state index in [1.807, 2.05) is 56.0 Å². The molecule has 0 radical (unpaired) electrons. The molecule has 4 heterocycles. The molecular weight excluding hydrogens is 534 g/mol. The Morgan fingerprint density at radius 2 is 1.62 bits per heavy atom. The van der Waals surface area contributed by atoms with Gasteiger partial charge in [-0.1, -0.05) is 30.3 Å². The summed E-state index contributed by atoms with van der Waals surface area (Å²) in [6.07, 6.45) is 2.91. The van der Waals surface area contributed by atoms with Gasteiger partial charge in [0.1, 0.15) is 18.0 Å². The maximum atomic E-state index is 13.0. The van der Waals surface area contributed by atoms with Gasteiger partial charge < -0.3 is 19.3 Å². The number of nitrogens with zero attached hydrogens (tertiary/aromatic N) is 5. The van der Waals surface area contributed by atoms with Crippen LogP contribution in [-0.2, 0) is 38.8 Å². The van der Waals surface area contributed by atoms with Crippen LogP contribution in [0, 0.1) is 0 Å². The molecule has 0 saturated carbocycles. The summed E-state index contributed by atoms with van der Waals surface area (Å²) in [5, 5.41) is -0.219. The van der Waals surface area contributed by atoms with Crippen molar-refractivity contribution >= 4 is 27.8 Å². The maximum absolute atomic E-state index is 13.0. The number of fused-ring (bicyclic) bond motifs is 3. The summed E-state index contributed by atoms with van der Waals surface area (Å²) in [6, 6.07) is 9.37. The van der Waals surface area contributed by atoms with Crippen molar-refractivity contribution in [1.82, 2.24) is 19.8 Å². The molecule has 12 heteroatoms. The summed E-state index contributed by atoms with van der Waals surface area (Å²) in [5.41, 5.74) is 1.79. The SMILES string of the molecule is CC(C)(C)OC(=O)N1C2CCC1CN(c1nc(S(C)(=O)=O)nc3c1CCN(C(=O)OCc1ccccc1)CC3)C2. The molecule has 2 unspecified atom stereocenters. The van der Waals surface area contributed by atoms with E-state index in [2.05, 4.69) is 14.9 Å². The number of aromatic nitrogens is 2. The zero-order chi connectivity index (χ0) is 28.7. The van der Waals surface area contributed by atoms with Crippen molar-refractivity contribution < 1.29 is 27.5 Å². The zero-order valence-electron chi connectivity index (χ0n) is 23.5. The number of hydrogen-bond acceptors (Lipinski definition) is 9. The second-order valence-electron chi connectivity index (χ2n) is 11.7. The first kappa shape index (κ1) is 28.1. The standard InChI is InChI=1S/C28H37N5O6S/c1-28(2,3)39-27(35)33-20-10-11-21(33)17-32(16-20)24-22-12-14-31(26(34)38-18-19-8-6-5-7-9-19)15-13-23(22)29-25(30-24)40(4,36)37/h5-9,20-21H,10-18H2,1-4H3. The van der Waals surface area contributed by atoms with Crippen molar-refractivity contribution in [3.63, 3.8) is 0 Å². The lowest BCUT2D eigenvalue weighted by Crippen LogP contribution is -2.57. The van der Waals surface area contributed by atoms with Gasteiger partial charge in [-0.15, -0.1) is 0 Å². The minimum Gasteiger partial charge on any atom is -0.445 e. The van der Waals surface area contributed by atoms with Gasteiger partial charge in [-0.05, 0) is 45.6 Å². The van der Waals surface area contributed by atoms with E-state index in [1.165, 1.54) is 0 Å². The molecule has 1 aromatic heterocycles. The van der Waals surface area contributed by atoms with Gasteiger partial charge in [0.2, 0.25) is 15.0 Å². The van der Waals surface area contributed by atoms with Crippen molar-refractivity contribution in [1.29, 1.82) is 0 Å². The van der Waals surface area contributed by atoms with Crippen molar-refractivity contribution in [2.45, 2.75) is 75.9 Å². The van der Waals surface area contributed by atoms with Crippen LogP contribution < -0.4 is 4.90 Å². The Morgan fingerprint density at radius 1 is 0.975 bits per heavy atom. The van der Waals surface area contributed by atoms with Gasteiger partial charge >= 0.3 is 12.2 Å². The van der Waals surface area contributed by atoms with Gasteiger partial charge in [0.25, 0.3) is 0 Å². The summed E-state index contributed by atoms with van der Waals surface area (Å²) in [5.74, 6) is 0.575. The van der Waals surface area contributed by atoms with Crippen LogP contribution in [0.1, 0.15) is 50.4 Å². The molecule has 5 rings (SSSR count). The number of ether oxygens (including phenoxy) is 2. The molecule has 0 aliphatic carbocycles. The molecule has 3 aliphatic rings. The molecular formula is C28H37N5O6S. The molecule has 2 fully saturated rings. The number of rotatable bonds is 4. The number of anilines is 1. The van der Waals surface area contributed by atoms with Crippen molar-refractivity contribution in [3.8, 4) is 0 Å². The fourth-order valence-corrected chi connectivity index (χ4v) is 6.19. The molecule has 0 N–H and O–H groups in total. The average molecular weight is 572 g/mol. The van der Waals surface area contributed by atoms with Crippen molar-refractivity contribution in [2.24, 2.45) is 0 Å². The molecule has 2 bridgehead atoms. The predicted octanol–water partition coefficient (Wildman–Crippen LogP) is 3.21. The molecule has 11 nitrogen and oxygen atoms in total. The predicted molar refractivity (Wildman–Crippen MR) is 148 cm³/mol. The molecule has 2 saturated heterocycles. The van der Waals surface area contributed by atoms with Crippen LogP contribution in [0.15, 0.2) is 35.5 Å². The highest BCUT2D eigenvalue weighted by Crippen LogP contribution is 2.36. The largest absolute Gasteiger partial charge is 0.445 e. The zero-order valence-corrected chi connectivity index (χ0v) is 24.3. The van der Waals surface area contributed by atoms with E-state index in [0.29, 0.717) is 50.5 Å². The summed E-state index contributed by atoms with van der Waals surface area (Å²) in [4.78, 5) is 40.4. The summed E-state index contributed by atoms with van der Waals surface area (Å²) >= 11 is 0. The maximum Gasteiger partial charge on any atom is 0.410 e. The third-order valence-corrected chi connectivity index (χ3v) is 8.33. The third kappa shape index (κ3) is 6.16. The van der Waals surface area contributed by atoms with Crippen LogP contribution in [0.25, 0.3) is 0 Å². The first-order chi connectivity index (χ1) is 18.9. The van der Waals surface area contributed by atoms with E-state index >= 15 is 0 Å². The Balaban J connectivity index is 1.36. The van der Waals surface area contributed by atoms with E-state index < -0.39 is 21.5 Å². The summed E-state index contributed by atoms with van der Waals surface area (Å²) in [7, 11) is -3.67. The van der Waals surface area contributed by atoms with Gasteiger partial charge in [0, 0.05) is 44.4 Å². The van der Waals surface area contributed by atoms with E-state index in [4.69, 9.17) is 9.47 Å². The van der Waals surface area contributed by atoms with Gasteiger partial charge in [-0.3, -0.25) is 4.90 Å². The van der Waals surface area contributed by atoms with E-state index in [-0.39, 0.29) is 29.9 Å². The Kier molecular flexibility index (Phi) is 7.64. The van der Waals surface area contributed by atoms with Crippen LogP contribution >= 0.6 is 0 Å². The third-order valence-electron chi connectivity index (χ3n) is 7.48. The average Bonchev–Trinajstić information content (AvgIpc) is 3.03. The molecule has 1 aromatic carbocycles. The Morgan fingerprint density at radius 3 is 2.25 bits per heavy atom. The fourth-order valence-electron chi connectivity index (χ4n) is 5.67. The number of amides is 2. The Hall–Kier alpha value is -3.41. The Labute approximate surface area is 235 Å². The van der Waals surface area contributed by atoms with Crippen molar-refractivity contribution in [3.05, 3.63) is 47.2 Å². The van der Waals surface area contributed by atoms with E-state index in [0.717, 1.165) is 30.2 Å². The minimum atomic E-state index is -3.67. The first-order valence-electron chi connectivity index (χ1n) is 13.7. The first-order valence-corrected chi connectivity index (χ1v) is 15.6. The van der Waals surface area contributed by atoms with Gasteiger partial charge in [0.05, 0.1) is 17.8 Å². The van der Waals surface area contributed by atoms with Gasteiger partial charge in [0.15, 0.2) is 0 Å². The van der Waals surface area contributed by atoms with Crippen LogP contribution in [-0.4, -0.2) is 90.5 Å². The quantitative estimate of drug-likeness (QED) is 0.509. The lowest BCUT2D eigenvalue weighted by atomic mass is 10.1. The molecule has 0 spiro atoms. The molecule has 216 valence electrons. The van der Waals surface area contributed by atoms with E-state index in [1.54, 1.807) is 4.90 Å². The molecule has 40 heavy (non-hydrogen) atoms. The number of carbonyl (C=O) groups excluding carboxylic acids is 2. The summed E-state index contributed by atoms with van der Waals surface area (Å²) in [6.45, 7) is 7.54. The monoisotopic (exact) mass is 571 g/mol. The van der Waals surface area contributed by atoms with Crippen LogP contribution in [0.2, 0.25) is 0 Å². The number of piperazine rings is 1. The second kappa shape index (κ2) is 10.9. The highest BCUT2D eigenvalue weighted by atomic mass is 32.2. The lowest BCUT2D eigenvalue weighted by Gasteiger charge is -2.42. The highest BCUT2D eigenvalue weighted by molar-refractivity contribution is 7.90.